The zero-order valence-corrected chi connectivity index (χ0v) is 28.3. The summed E-state index contributed by atoms with van der Waals surface area (Å²) in [5, 5.41) is 2.24. The average molecular weight is 718 g/mol. The van der Waals surface area contributed by atoms with Gasteiger partial charge in [-0.25, -0.2) is 8.78 Å². The number of hydrogen-bond acceptors (Lipinski definition) is 5. The first-order chi connectivity index (χ1) is 23.1. The average Bonchev–Trinajstić information content (AvgIpc) is 2.98. The maximum absolute atomic E-state index is 16.6. The first-order valence-corrected chi connectivity index (χ1v) is 15.8. The SMILES string of the molecule is CCOC(=O)C[C@H](NC(=O)C(CC(C)C)n1cc(CCN)c(C(F)(F)F)cc1=O)c1c(F)c(-c2c(C)ccc(C)c2C)cc(C(F)(F)F)c1F. The molecule has 3 N–H and O–H groups in total. The molecule has 3 rings (SSSR count). The number of carbonyl (C=O) groups excluding carboxylic acids is 2. The Morgan fingerprint density at radius 2 is 1.54 bits per heavy atom. The summed E-state index contributed by atoms with van der Waals surface area (Å²) in [6.07, 6.45) is -11.0. The van der Waals surface area contributed by atoms with Gasteiger partial charge in [0.05, 0.1) is 30.2 Å². The molecule has 0 saturated heterocycles. The van der Waals surface area contributed by atoms with Gasteiger partial charge in [-0.1, -0.05) is 26.0 Å². The lowest BCUT2D eigenvalue weighted by atomic mass is 9.87. The Bertz CT molecular complexity index is 1800. The number of carbonyl (C=O) groups is 2. The van der Waals surface area contributed by atoms with Gasteiger partial charge in [0.2, 0.25) is 5.91 Å². The summed E-state index contributed by atoms with van der Waals surface area (Å²) in [6.45, 7) is 8.89. The van der Waals surface area contributed by atoms with Crippen molar-refractivity contribution < 1.29 is 49.4 Å². The lowest BCUT2D eigenvalue weighted by Gasteiger charge is -2.28. The minimum absolute atomic E-state index is 0.0388. The van der Waals surface area contributed by atoms with Crippen LogP contribution in [-0.2, 0) is 33.1 Å². The number of aromatic nitrogens is 1. The van der Waals surface area contributed by atoms with E-state index >= 15 is 8.78 Å². The molecule has 50 heavy (non-hydrogen) atoms. The van der Waals surface area contributed by atoms with E-state index in [1.54, 1.807) is 39.8 Å². The van der Waals surface area contributed by atoms with Crippen LogP contribution in [-0.4, -0.2) is 29.6 Å². The molecule has 274 valence electrons. The molecule has 0 radical (unpaired) electrons. The van der Waals surface area contributed by atoms with Gasteiger partial charge in [-0.3, -0.25) is 14.4 Å². The van der Waals surface area contributed by atoms with Gasteiger partial charge in [0, 0.05) is 23.4 Å². The van der Waals surface area contributed by atoms with Gasteiger partial charge in [0.15, 0.2) is 0 Å². The van der Waals surface area contributed by atoms with Crippen molar-refractivity contribution in [1.29, 1.82) is 0 Å². The molecule has 7 nitrogen and oxygen atoms in total. The lowest BCUT2D eigenvalue weighted by molar-refractivity contribution is -0.144. The van der Waals surface area contributed by atoms with Crippen molar-refractivity contribution in [3.05, 3.63) is 91.4 Å². The van der Waals surface area contributed by atoms with Crippen molar-refractivity contribution in [3.8, 4) is 11.1 Å². The Labute approximate surface area is 283 Å². The highest BCUT2D eigenvalue weighted by atomic mass is 19.4. The van der Waals surface area contributed by atoms with E-state index in [-0.39, 0.29) is 31.6 Å². The number of esters is 1. The van der Waals surface area contributed by atoms with E-state index in [9.17, 15) is 40.7 Å². The Morgan fingerprint density at radius 1 is 0.940 bits per heavy atom. The van der Waals surface area contributed by atoms with Crippen molar-refractivity contribution >= 4 is 11.9 Å². The van der Waals surface area contributed by atoms with E-state index in [0.29, 0.717) is 33.4 Å². The number of aryl methyl sites for hydroxylation is 2. The van der Waals surface area contributed by atoms with Crippen LogP contribution in [0.25, 0.3) is 11.1 Å². The zero-order chi connectivity index (χ0) is 37.9. The predicted molar refractivity (Wildman–Crippen MR) is 170 cm³/mol. The monoisotopic (exact) mass is 717 g/mol. The molecule has 1 amide bonds. The fourth-order valence-electron chi connectivity index (χ4n) is 5.84. The summed E-state index contributed by atoms with van der Waals surface area (Å²) in [7, 11) is 0. The fraction of sp³-hybridized carbons (Fsp3) is 0.457. The van der Waals surface area contributed by atoms with E-state index < -0.39 is 93.7 Å². The summed E-state index contributed by atoms with van der Waals surface area (Å²) >= 11 is 0. The number of nitrogens with zero attached hydrogens (tertiary/aromatic N) is 1. The molecule has 0 spiro atoms. The van der Waals surface area contributed by atoms with Crippen LogP contribution in [0.2, 0.25) is 0 Å². The largest absolute Gasteiger partial charge is 0.466 e. The molecular formula is C35H39F8N3O4. The summed E-state index contributed by atoms with van der Waals surface area (Å²) < 4.78 is 122. The van der Waals surface area contributed by atoms with Crippen LogP contribution < -0.4 is 16.6 Å². The van der Waals surface area contributed by atoms with Crippen LogP contribution in [0.5, 0.6) is 0 Å². The van der Waals surface area contributed by atoms with Crippen molar-refractivity contribution in [3.63, 3.8) is 0 Å². The molecule has 2 aromatic carbocycles. The van der Waals surface area contributed by atoms with Crippen molar-refractivity contribution in [2.45, 2.75) is 85.2 Å². The molecule has 1 heterocycles. The Kier molecular flexibility index (Phi) is 12.6. The smallest absolute Gasteiger partial charge is 0.419 e. The summed E-state index contributed by atoms with van der Waals surface area (Å²) in [5.41, 5.74) is 0.170. The standard InChI is InChI=1S/C35H39F8N3O4/c1-7-50-28(48)15-25(30-31(36)22(13-24(32(30)37)35(41,42)43)29-19(5)9-8-18(4)20(29)6)45-33(49)26(12-17(2)3)46-16-21(10-11-44)23(14-27(46)47)34(38,39)40/h8-9,13-14,16-17,25-26H,7,10-12,15,44H2,1-6H3,(H,45,49)/t25-,26?/m0/s1. The van der Waals surface area contributed by atoms with Gasteiger partial charge < -0.3 is 20.4 Å². The highest BCUT2D eigenvalue weighted by Crippen LogP contribution is 2.42. The number of pyridine rings is 1. The number of ether oxygens (including phenoxy) is 1. The van der Waals surface area contributed by atoms with Crippen LogP contribution >= 0.6 is 0 Å². The second kappa shape index (κ2) is 15.7. The molecule has 0 aliphatic rings. The second-order valence-electron chi connectivity index (χ2n) is 12.4. The van der Waals surface area contributed by atoms with Crippen LogP contribution in [0, 0.1) is 38.3 Å². The highest BCUT2D eigenvalue weighted by molar-refractivity contribution is 5.82. The topological polar surface area (TPSA) is 103 Å². The number of hydrogen-bond donors (Lipinski definition) is 2. The number of nitrogens with two attached hydrogens (primary N) is 1. The molecular weight excluding hydrogens is 678 g/mol. The first-order valence-electron chi connectivity index (χ1n) is 15.8. The minimum atomic E-state index is -5.35. The third kappa shape index (κ3) is 8.90. The molecule has 1 aromatic heterocycles. The molecule has 0 bridgehead atoms. The number of halogens is 8. The van der Waals surface area contributed by atoms with E-state index in [2.05, 4.69) is 5.32 Å². The van der Waals surface area contributed by atoms with Gasteiger partial charge in [0.1, 0.15) is 17.7 Å². The molecule has 1 unspecified atom stereocenters. The van der Waals surface area contributed by atoms with Crippen LogP contribution in [0.15, 0.2) is 35.3 Å². The summed E-state index contributed by atoms with van der Waals surface area (Å²) in [5.74, 6) is -6.31. The first kappa shape index (κ1) is 40.2. The maximum atomic E-state index is 16.6. The molecule has 0 aliphatic carbocycles. The summed E-state index contributed by atoms with van der Waals surface area (Å²) in [4.78, 5) is 39.8. The van der Waals surface area contributed by atoms with Gasteiger partial charge in [-0.15, -0.1) is 0 Å². The number of amides is 1. The third-order valence-corrected chi connectivity index (χ3v) is 8.31. The predicted octanol–water partition coefficient (Wildman–Crippen LogP) is 7.66. The minimum Gasteiger partial charge on any atom is -0.466 e. The Morgan fingerprint density at radius 3 is 2.08 bits per heavy atom. The quantitative estimate of drug-likeness (QED) is 0.148. The Hall–Kier alpha value is -4.27. The highest BCUT2D eigenvalue weighted by Gasteiger charge is 2.41. The third-order valence-electron chi connectivity index (χ3n) is 8.31. The van der Waals surface area contributed by atoms with Crippen LogP contribution in [0.4, 0.5) is 35.1 Å². The molecule has 0 aliphatic heterocycles. The fourth-order valence-corrected chi connectivity index (χ4v) is 5.84. The van der Waals surface area contributed by atoms with Crippen molar-refractivity contribution in [2.75, 3.05) is 13.2 Å². The summed E-state index contributed by atoms with van der Waals surface area (Å²) in [6, 6.07) is 0.103. The molecule has 0 saturated carbocycles. The number of alkyl halides is 6. The maximum Gasteiger partial charge on any atom is 0.419 e. The van der Waals surface area contributed by atoms with Crippen molar-refractivity contribution in [2.24, 2.45) is 11.7 Å². The van der Waals surface area contributed by atoms with Gasteiger partial charge >= 0.3 is 18.3 Å². The van der Waals surface area contributed by atoms with E-state index in [0.717, 1.165) is 6.20 Å². The van der Waals surface area contributed by atoms with Gasteiger partial charge in [0.25, 0.3) is 5.56 Å². The molecule has 2 atom stereocenters. The van der Waals surface area contributed by atoms with E-state index in [1.165, 1.54) is 13.8 Å². The number of benzene rings is 2. The number of rotatable bonds is 12. The van der Waals surface area contributed by atoms with Gasteiger partial charge in [-0.05, 0) is 86.9 Å². The van der Waals surface area contributed by atoms with Crippen LogP contribution in [0.3, 0.4) is 0 Å². The molecule has 15 heteroatoms. The van der Waals surface area contributed by atoms with Crippen LogP contribution in [0.1, 0.15) is 84.6 Å². The normalized spacial score (nSPS) is 13.4. The lowest BCUT2D eigenvalue weighted by Crippen LogP contribution is -2.41. The Balaban J connectivity index is 2.34. The molecule has 3 aromatic rings. The van der Waals surface area contributed by atoms with Gasteiger partial charge in [-0.2, -0.15) is 26.3 Å². The van der Waals surface area contributed by atoms with Crippen molar-refractivity contribution in [1.82, 2.24) is 9.88 Å². The van der Waals surface area contributed by atoms with E-state index in [4.69, 9.17) is 10.5 Å². The second-order valence-corrected chi connectivity index (χ2v) is 12.4. The molecule has 0 fully saturated rings. The number of nitrogens with one attached hydrogen (secondary N) is 1. The van der Waals surface area contributed by atoms with E-state index in [1.807, 2.05) is 0 Å². The zero-order valence-electron chi connectivity index (χ0n) is 28.3.